The highest BCUT2D eigenvalue weighted by Crippen LogP contribution is 1.99. The van der Waals surface area contributed by atoms with E-state index in [9.17, 15) is 0 Å². The van der Waals surface area contributed by atoms with Crippen LogP contribution in [-0.2, 0) is 7.05 Å². The molecule has 0 saturated carbocycles. The van der Waals surface area contributed by atoms with E-state index in [1.165, 1.54) is 22.3 Å². The van der Waals surface area contributed by atoms with Crippen LogP contribution in [0.5, 0.6) is 0 Å². The largest absolute Gasteiger partial charge is 0.208 e. The van der Waals surface area contributed by atoms with E-state index in [-0.39, 0.29) is 0 Å². The summed E-state index contributed by atoms with van der Waals surface area (Å²) in [5.74, 6) is 0. The van der Waals surface area contributed by atoms with Gasteiger partial charge in [-0.3, -0.25) is 0 Å². The summed E-state index contributed by atoms with van der Waals surface area (Å²) in [6.07, 6.45) is 4.07. The molecule has 0 atom stereocenters. The SMILES string of the molecule is Cc1cc[n+](C)cc1.Cc1ccc(C)cc1.Cc1ccccc1. The summed E-state index contributed by atoms with van der Waals surface area (Å²) in [5, 5.41) is 0. The second kappa shape index (κ2) is 10.3. The smallest absolute Gasteiger partial charge is 0.168 e. The first kappa shape index (κ1) is 18.6. The third kappa shape index (κ3) is 9.26. The molecule has 1 aromatic heterocycles. The molecule has 120 valence electrons. The number of benzene rings is 2. The lowest BCUT2D eigenvalue weighted by atomic mass is 10.2. The van der Waals surface area contributed by atoms with E-state index in [2.05, 4.69) is 76.2 Å². The van der Waals surface area contributed by atoms with Gasteiger partial charge in [-0.15, -0.1) is 0 Å². The summed E-state index contributed by atoms with van der Waals surface area (Å²) < 4.78 is 2.02. The molecule has 0 bridgehead atoms. The Morgan fingerprint density at radius 2 is 0.826 bits per heavy atom. The van der Waals surface area contributed by atoms with Crippen LogP contribution in [0.4, 0.5) is 0 Å². The molecule has 3 aromatic rings. The Hall–Kier alpha value is -2.41. The van der Waals surface area contributed by atoms with Gasteiger partial charge < -0.3 is 0 Å². The number of rotatable bonds is 0. The molecule has 0 aliphatic rings. The van der Waals surface area contributed by atoms with Crippen molar-refractivity contribution in [1.29, 1.82) is 0 Å². The van der Waals surface area contributed by atoms with E-state index in [1.807, 2.05) is 42.2 Å². The molecule has 1 nitrogen and oxygen atoms in total. The summed E-state index contributed by atoms with van der Waals surface area (Å²) in [6, 6.07) is 22.9. The topological polar surface area (TPSA) is 3.88 Å². The zero-order valence-electron chi connectivity index (χ0n) is 15.0. The van der Waals surface area contributed by atoms with Gasteiger partial charge in [0.25, 0.3) is 0 Å². The lowest BCUT2D eigenvalue weighted by Crippen LogP contribution is -2.25. The van der Waals surface area contributed by atoms with Crippen LogP contribution in [0.2, 0.25) is 0 Å². The highest BCUT2D eigenvalue weighted by Gasteiger charge is 1.85. The number of aryl methyl sites for hydroxylation is 5. The molecular weight excluding hydrogens is 278 g/mol. The van der Waals surface area contributed by atoms with Crippen molar-refractivity contribution in [3.63, 3.8) is 0 Å². The average molecular weight is 306 g/mol. The molecule has 0 fully saturated rings. The molecule has 1 heteroatoms. The Morgan fingerprint density at radius 3 is 1.13 bits per heavy atom. The minimum Gasteiger partial charge on any atom is -0.208 e. The second-order valence-electron chi connectivity index (χ2n) is 5.85. The van der Waals surface area contributed by atoms with Crippen molar-refractivity contribution in [2.24, 2.45) is 7.05 Å². The Labute approximate surface area is 141 Å². The normalized spacial score (nSPS) is 9.09. The first-order valence-electron chi connectivity index (χ1n) is 7.94. The fraction of sp³-hybridized carbons (Fsp3) is 0.227. The third-order valence-corrected chi connectivity index (χ3v) is 3.30. The highest BCUT2D eigenvalue weighted by molar-refractivity contribution is 5.19. The molecule has 1 heterocycles. The van der Waals surface area contributed by atoms with Gasteiger partial charge in [0.1, 0.15) is 7.05 Å². The maximum atomic E-state index is 2.12. The standard InChI is InChI=1S/C8H10.C7H10N.C7H8/c2*1-7-3-5-8(2)6-4-7;1-7-5-3-2-4-6-7/h2*3-6H,1-2H3;2-6H,1H3/q;+1;. The average Bonchev–Trinajstić information content (AvgIpc) is 2.55. The minimum absolute atomic E-state index is 1.31. The van der Waals surface area contributed by atoms with Gasteiger partial charge in [0.05, 0.1) is 0 Å². The predicted molar refractivity (Wildman–Crippen MR) is 99.5 cm³/mol. The predicted octanol–water partition coefficient (Wildman–Crippen LogP) is 5.12. The van der Waals surface area contributed by atoms with Crippen LogP contribution in [0.1, 0.15) is 22.3 Å². The molecule has 0 radical (unpaired) electrons. The number of hydrogen-bond donors (Lipinski definition) is 0. The Bertz CT molecular complexity index is 567. The molecule has 2 aromatic carbocycles. The second-order valence-corrected chi connectivity index (χ2v) is 5.85. The first-order valence-corrected chi connectivity index (χ1v) is 7.94. The number of aromatic nitrogens is 1. The Kier molecular flexibility index (Phi) is 8.38. The number of nitrogens with zero attached hydrogens (tertiary/aromatic N) is 1. The van der Waals surface area contributed by atoms with Crippen LogP contribution in [0.25, 0.3) is 0 Å². The van der Waals surface area contributed by atoms with E-state index in [0.29, 0.717) is 0 Å². The first-order chi connectivity index (χ1) is 11.0. The number of pyridine rings is 1. The molecule has 0 saturated heterocycles. The van der Waals surface area contributed by atoms with E-state index in [0.717, 1.165) is 0 Å². The zero-order valence-corrected chi connectivity index (χ0v) is 15.0. The third-order valence-electron chi connectivity index (χ3n) is 3.30. The van der Waals surface area contributed by atoms with Crippen molar-refractivity contribution in [3.05, 3.63) is 101 Å². The van der Waals surface area contributed by atoms with Gasteiger partial charge >= 0.3 is 0 Å². The van der Waals surface area contributed by atoms with E-state index in [1.54, 1.807) is 0 Å². The van der Waals surface area contributed by atoms with Gasteiger partial charge in [0.2, 0.25) is 0 Å². The summed E-state index contributed by atoms with van der Waals surface area (Å²) >= 11 is 0. The van der Waals surface area contributed by atoms with Gasteiger partial charge in [-0.05, 0) is 33.3 Å². The molecule has 0 aliphatic carbocycles. The van der Waals surface area contributed by atoms with Crippen LogP contribution in [0.15, 0.2) is 79.1 Å². The summed E-state index contributed by atoms with van der Waals surface area (Å²) in [7, 11) is 2.01. The van der Waals surface area contributed by atoms with Crippen LogP contribution < -0.4 is 4.57 Å². The van der Waals surface area contributed by atoms with Gasteiger partial charge in [-0.25, -0.2) is 4.57 Å². The molecular formula is C22H28N+. The minimum atomic E-state index is 1.31. The Balaban J connectivity index is 0.000000173. The van der Waals surface area contributed by atoms with E-state index >= 15 is 0 Å². The molecule has 0 N–H and O–H groups in total. The molecule has 3 rings (SSSR count). The van der Waals surface area contributed by atoms with Crippen molar-refractivity contribution in [2.45, 2.75) is 27.7 Å². The van der Waals surface area contributed by atoms with Crippen molar-refractivity contribution < 1.29 is 4.57 Å². The van der Waals surface area contributed by atoms with Crippen molar-refractivity contribution in [3.8, 4) is 0 Å². The Morgan fingerprint density at radius 1 is 0.478 bits per heavy atom. The maximum absolute atomic E-state index is 2.12. The highest BCUT2D eigenvalue weighted by atomic mass is 14.9. The van der Waals surface area contributed by atoms with Crippen LogP contribution >= 0.6 is 0 Å². The summed E-state index contributed by atoms with van der Waals surface area (Å²) in [5.41, 5.74) is 5.29. The van der Waals surface area contributed by atoms with Gasteiger partial charge in [0, 0.05) is 12.1 Å². The molecule has 0 spiro atoms. The number of hydrogen-bond acceptors (Lipinski definition) is 0. The lowest BCUT2D eigenvalue weighted by Gasteiger charge is -1.90. The molecule has 23 heavy (non-hydrogen) atoms. The fourth-order valence-corrected chi connectivity index (χ4v) is 1.75. The molecule has 0 unspecified atom stereocenters. The molecule has 0 aliphatic heterocycles. The van der Waals surface area contributed by atoms with Crippen molar-refractivity contribution >= 4 is 0 Å². The van der Waals surface area contributed by atoms with Crippen molar-refractivity contribution in [1.82, 2.24) is 0 Å². The van der Waals surface area contributed by atoms with E-state index < -0.39 is 0 Å². The maximum Gasteiger partial charge on any atom is 0.168 e. The monoisotopic (exact) mass is 306 g/mol. The van der Waals surface area contributed by atoms with Crippen LogP contribution in [0.3, 0.4) is 0 Å². The van der Waals surface area contributed by atoms with Gasteiger partial charge in [0.15, 0.2) is 12.4 Å². The summed E-state index contributed by atoms with van der Waals surface area (Å²) in [6.45, 7) is 8.36. The molecule has 0 amide bonds. The summed E-state index contributed by atoms with van der Waals surface area (Å²) in [4.78, 5) is 0. The quantitative estimate of drug-likeness (QED) is 0.508. The van der Waals surface area contributed by atoms with Crippen LogP contribution in [0, 0.1) is 27.7 Å². The van der Waals surface area contributed by atoms with E-state index in [4.69, 9.17) is 0 Å². The fourth-order valence-electron chi connectivity index (χ4n) is 1.75. The van der Waals surface area contributed by atoms with Gasteiger partial charge in [-0.2, -0.15) is 0 Å². The zero-order chi connectivity index (χ0) is 17.1. The van der Waals surface area contributed by atoms with Gasteiger partial charge in [-0.1, -0.05) is 71.3 Å². The van der Waals surface area contributed by atoms with Crippen molar-refractivity contribution in [2.75, 3.05) is 0 Å². The van der Waals surface area contributed by atoms with Crippen LogP contribution in [-0.4, -0.2) is 0 Å². The lowest BCUT2D eigenvalue weighted by molar-refractivity contribution is -0.671.